The van der Waals surface area contributed by atoms with Crippen LogP contribution in [0.15, 0.2) is 112 Å². The maximum atomic E-state index is 14.6. The minimum Gasteiger partial charge on any atom is -0.396 e. The lowest BCUT2D eigenvalue weighted by Gasteiger charge is -2.35. The van der Waals surface area contributed by atoms with Gasteiger partial charge in [0.2, 0.25) is 5.95 Å². The summed E-state index contributed by atoms with van der Waals surface area (Å²) < 4.78 is 29.5. The molecule has 284 valence electrons. The number of benzene rings is 2. The first kappa shape index (κ1) is 36.0. The predicted molar refractivity (Wildman–Crippen MR) is 234 cm³/mol. The van der Waals surface area contributed by atoms with E-state index in [1.165, 1.54) is 22.7 Å². The largest absolute Gasteiger partial charge is 0.396 e. The Labute approximate surface area is 341 Å². The van der Waals surface area contributed by atoms with Crippen molar-refractivity contribution >= 4 is 82.0 Å². The first-order chi connectivity index (χ1) is 27.8. The number of nitrogen functional groups attached to an aromatic ring is 3. The number of aromatic nitrogens is 5. The molecule has 10 rings (SSSR count). The summed E-state index contributed by atoms with van der Waals surface area (Å²) >= 11 is 2.82. The molecule has 4 unspecified atom stereocenters. The third kappa shape index (κ3) is 6.31. The lowest BCUT2D eigenvalue weighted by atomic mass is 9.79. The minimum absolute atomic E-state index is 0.0122. The van der Waals surface area contributed by atoms with Crippen LogP contribution in [-0.2, 0) is 21.6 Å². The van der Waals surface area contributed by atoms with Crippen LogP contribution in [0.5, 0.6) is 0 Å². The van der Waals surface area contributed by atoms with Crippen molar-refractivity contribution in [3.8, 4) is 44.8 Å². The van der Waals surface area contributed by atoms with E-state index in [0.717, 1.165) is 92.3 Å². The van der Waals surface area contributed by atoms with E-state index in [-0.39, 0.29) is 22.4 Å². The second-order valence-corrected chi connectivity index (χ2v) is 20.3. The zero-order valence-electron chi connectivity index (χ0n) is 30.5. The van der Waals surface area contributed by atoms with Crippen LogP contribution < -0.4 is 17.2 Å². The number of fused-ring (bicyclic) bond motifs is 2. The fraction of sp³-hybridized carbons (Fsp3) is 0.186. The van der Waals surface area contributed by atoms with Crippen molar-refractivity contribution in [1.82, 2.24) is 24.9 Å². The molecular formula is C43H36N8O2S4. The number of pyridine rings is 3. The molecule has 6 heterocycles. The summed E-state index contributed by atoms with van der Waals surface area (Å²) in [5.74, 6) is 0.198. The SMILES string of the molecule is Nc1ncc(-c2cc(-c3ccccc3)c3c(N)c(S(=O)C4CCC4c4cncc(-c5cc(-c6ccccc6)c6c(N)c(S(=O)C7CCC7)sc6n5)c4)sc3n2)cn1. The van der Waals surface area contributed by atoms with Crippen LogP contribution in [0.1, 0.15) is 43.6 Å². The lowest BCUT2D eigenvalue weighted by Crippen LogP contribution is -2.33. The van der Waals surface area contributed by atoms with E-state index < -0.39 is 21.6 Å². The number of thiophene rings is 2. The highest BCUT2D eigenvalue weighted by atomic mass is 32.2. The summed E-state index contributed by atoms with van der Waals surface area (Å²) in [5, 5.41) is 1.63. The Morgan fingerprint density at radius 2 is 1.16 bits per heavy atom. The fourth-order valence-corrected chi connectivity index (χ4v) is 14.3. The highest BCUT2D eigenvalue weighted by molar-refractivity contribution is 7.88. The van der Waals surface area contributed by atoms with Crippen molar-refractivity contribution < 1.29 is 8.42 Å². The van der Waals surface area contributed by atoms with Gasteiger partial charge in [-0.2, -0.15) is 0 Å². The summed E-state index contributed by atoms with van der Waals surface area (Å²) in [7, 11) is -2.58. The van der Waals surface area contributed by atoms with E-state index in [1.807, 2.05) is 67.0 Å². The standard InChI is InChI=1S/C43H36N8O2S4/c44-37-35-30(23-8-3-1-4-9-23)17-32(50-39(35)54-41(37)56(52)28-12-7-13-28)26-16-25(19-47-20-26)29-14-15-34(29)57(53)42-38(45)36-31(24-10-5-2-6-11-24)18-33(51-40(36)55-42)27-21-48-43(46)49-22-27/h1-6,8-11,16-22,28-29,34H,7,12-15,44-45H2,(H2,46,48,49). The Hall–Kier alpha value is -5.41. The second kappa shape index (κ2) is 14.5. The molecule has 57 heavy (non-hydrogen) atoms. The average Bonchev–Trinajstić information content (AvgIpc) is 3.73. The summed E-state index contributed by atoms with van der Waals surface area (Å²) in [5.41, 5.74) is 28.4. The summed E-state index contributed by atoms with van der Waals surface area (Å²) in [6, 6.07) is 26.3. The smallest absolute Gasteiger partial charge is 0.219 e. The molecule has 6 aromatic heterocycles. The topological polar surface area (TPSA) is 177 Å². The van der Waals surface area contributed by atoms with Crippen LogP contribution in [0.4, 0.5) is 17.3 Å². The molecule has 0 saturated heterocycles. The van der Waals surface area contributed by atoms with E-state index in [1.54, 1.807) is 12.4 Å². The van der Waals surface area contributed by atoms with Crippen LogP contribution in [0.3, 0.4) is 0 Å². The number of anilines is 3. The zero-order chi connectivity index (χ0) is 38.8. The molecule has 2 fully saturated rings. The molecule has 4 atom stereocenters. The van der Waals surface area contributed by atoms with Crippen molar-refractivity contribution in [1.29, 1.82) is 0 Å². The normalized spacial score (nSPS) is 18.0. The van der Waals surface area contributed by atoms with Crippen LogP contribution in [0.25, 0.3) is 65.2 Å². The van der Waals surface area contributed by atoms with E-state index in [0.29, 0.717) is 30.3 Å². The predicted octanol–water partition coefficient (Wildman–Crippen LogP) is 9.22. The third-order valence-electron chi connectivity index (χ3n) is 11.2. The molecule has 2 aliphatic carbocycles. The summed E-state index contributed by atoms with van der Waals surface area (Å²) in [4.78, 5) is 24.6. The first-order valence-corrected chi connectivity index (χ1v) is 22.8. The molecule has 0 bridgehead atoms. The molecule has 2 aliphatic rings. The Morgan fingerprint density at radius 3 is 1.68 bits per heavy atom. The monoisotopic (exact) mass is 824 g/mol. The molecule has 0 radical (unpaired) electrons. The van der Waals surface area contributed by atoms with Gasteiger partial charge in [-0.3, -0.25) is 13.4 Å². The van der Waals surface area contributed by atoms with Crippen molar-refractivity contribution in [2.45, 2.75) is 56.9 Å². The number of nitrogens with two attached hydrogens (primary N) is 3. The van der Waals surface area contributed by atoms with Gasteiger partial charge in [0, 0.05) is 63.1 Å². The Bertz CT molecular complexity index is 2880. The quantitative estimate of drug-likeness (QED) is 0.127. The van der Waals surface area contributed by atoms with Gasteiger partial charge in [0.1, 0.15) is 18.1 Å². The van der Waals surface area contributed by atoms with Crippen LogP contribution in [0, 0.1) is 0 Å². The van der Waals surface area contributed by atoms with Gasteiger partial charge in [0.15, 0.2) is 0 Å². The molecule has 0 amide bonds. The summed E-state index contributed by atoms with van der Waals surface area (Å²) in [6.07, 6.45) is 11.7. The molecule has 10 nitrogen and oxygen atoms in total. The Kier molecular flexibility index (Phi) is 9.16. The van der Waals surface area contributed by atoms with Gasteiger partial charge in [-0.25, -0.2) is 19.9 Å². The third-order valence-corrected chi connectivity index (χ3v) is 17.8. The molecule has 8 aromatic rings. The number of hydrogen-bond acceptors (Lipinski definition) is 12. The van der Waals surface area contributed by atoms with E-state index in [2.05, 4.69) is 39.2 Å². The van der Waals surface area contributed by atoms with Crippen molar-refractivity contribution in [3.63, 3.8) is 0 Å². The zero-order valence-corrected chi connectivity index (χ0v) is 33.8. The highest BCUT2D eigenvalue weighted by Gasteiger charge is 2.39. The van der Waals surface area contributed by atoms with Gasteiger partial charge in [-0.1, -0.05) is 67.1 Å². The minimum atomic E-state index is -1.41. The molecule has 6 N–H and O–H groups in total. The van der Waals surface area contributed by atoms with E-state index in [4.69, 9.17) is 27.2 Å². The van der Waals surface area contributed by atoms with Gasteiger partial charge in [-0.05, 0) is 71.7 Å². The molecule has 2 saturated carbocycles. The van der Waals surface area contributed by atoms with Gasteiger partial charge in [0.25, 0.3) is 0 Å². The van der Waals surface area contributed by atoms with Gasteiger partial charge >= 0.3 is 0 Å². The molecular weight excluding hydrogens is 789 g/mol. The molecule has 14 heteroatoms. The average molecular weight is 825 g/mol. The highest BCUT2D eigenvalue weighted by Crippen LogP contribution is 2.49. The number of rotatable bonds is 9. The number of hydrogen-bond donors (Lipinski definition) is 3. The van der Waals surface area contributed by atoms with Crippen LogP contribution in [-0.4, -0.2) is 43.8 Å². The van der Waals surface area contributed by atoms with E-state index in [9.17, 15) is 8.42 Å². The summed E-state index contributed by atoms with van der Waals surface area (Å²) in [6.45, 7) is 0. The Balaban J connectivity index is 1.01. The van der Waals surface area contributed by atoms with Crippen LogP contribution >= 0.6 is 22.7 Å². The van der Waals surface area contributed by atoms with Crippen molar-refractivity contribution in [2.24, 2.45) is 0 Å². The Morgan fingerprint density at radius 1 is 0.596 bits per heavy atom. The van der Waals surface area contributed by atoms with Crippen LogP contribution in [0.2, 0.25) is 0 Å². The second-order valence-electron chi connectivity index (χ2n) is 14.5. The maximum absolute atomic E-state index is 14.6. The van der Waals surface area contributed by atoms with Crippen molar-refractivity contribution in [3.05, 3.63) is 109 Å². The first-order valence-electron chi connectivity index (χ1n) is 18.7. The molecule has 2 aromatic carbocycles. The fourth-order valence-electron chi connectivity index (χ4n) is 7.74. The van der Waals surface area contributed by atoms with Crippen molar-refractivity contribution in [2.75, 3.05) is 17.2 Å². The molecule has 0 aliphatic heterocycles. The van der Waals surface area contributed by atoms with Gasteiger partial charge < -0.3 is 17.2 Å². The van der Waals surface area contributed by atoms with E-state index >= 15 is 0 Å². The molecule has 0 spiro atoms. The van der Waals surface area contributed by atoms with Gasteiger partial charge in [-0.15, -0.1) is 22.7 Å². The number of nitrogens with zero attached hydrogens (tertiary/aromatic N) is 5. The van der Waals surface area contributed by atoms with Gasteiger partial charge in [0.05, 0.1) is 44.4 Å². The lowest BCUT2D eigenvalue weighted by molar-refractivity contribution is 0.425. The maximum Gasteiger partial charge on any atom is 0.219 e.